The van der Waals surface area contributed by atoms with E-state index >= 15 is 0 Å². The van der Waals surface area contributed by atoms with Crippen molar-refractivity contribution in [2.24, 2.45) is 0 Å². The van der Waals surface area contributed by atoms with Gasteiger partial charge >= 0.3 is 0 Å². The topological polar surface area (TPSA) is 42.2 Å². The maximum Gasteiger partial charge on any atom is 0.169 e. The zero-order valence-electron chi connectivity index (χ0n) is 10.4. The fourth-order valence-corrected chi connectivity index (χ4v) is 2.03. The van der Waals surface area contributed by atoms with Crippen molar-refractivity contribution in [3.8, 4) is 23.3 Å². The molecule has 2 rings (SSSR count). The quantitative estimate of drug-likeness (QED) is 0.833. The summed E-state index contributed by atoms with van der Waals surface area (Å²) in [6.07, 6.45) is 0. The van der Waals surface area contributed by atoms with Crippen molar-refractivity contribution in [3.05, 3.63) is 52.5 Å². The summed E-state index contributed by atoms with van der Waals surface area (Å²) in [5, 5.41) is 8.87. The van der Waals surface area contributed by atoms with Crippen LogP contribution in [0.4, 0.5) is 0 Å². The summed E-state index contributed by atoms with van der Waals surface area (Å²) in [6, 6.07) is 14.8. The summed E-state index contributed by atoms with van der Waals surface area (Å²) in [5.74, 6) is 2.00. The number of rotatable bonds is 4. The lowest BCUT2D eigenvalue weighted by molar-refractivity contribution is 0.321. The number of ether oxygens (including phenoxy) is 2. The van der Waals surface area contributed by atoms with Gasteiger partial charge in [-0.3, -0.25) is 0 Å². The van der Waals surface area contributed by atoms with Gasteiger partial charge in [0.15, 0.2) is 11.5 Å². The van der Waals surface area contributed by atoms with E-state index in [1.165, 1.54) is 0 Å². The molecule has 0 aliphatic heterocycles. The number of para-hydroxylation sites is 2. The van der Waals surface area contributed by atoms with Crippen molar-refractivity contribution in [2.45, 2.75) is 6.92 Å². The molecular formula is C15H12BrNO2. The molecule has 0 unspecified atom stereocenters. The van der Waals surface area contributed by atoms with Gasteiger partial charge in [-0.05, 0) is 53.2 Å². The van der Waals surface area contributed by atoms with Crippen molar-refractivity contribution in [3.63, 3.8) is 0 Å². The number of nitriles is 1. The molecule has 0 N–H and O–H groups in total. The number of hydrogen-bond donors (Lipinski definition) is 0. The van der Waals surface area contributed by atoms with Crippen molar-refractivity contribution in [1.29, 1.82) is 5.26 Å². The highest BCUT2D eigenvalue weighted by Crippen LogP contribution is 2.32. The van der Waals surface area contributed by atoms with Crippen LogP contribution in [0.3, 0.4) is 0 Å². The van der Waals surface area contributed by atoms with Gasteiger partial charge in [0.1, 0.15) is 11.8 Å². The number of halogens is 1. The zero-order valence-corrected chi connectivity index (χ0v) is 12.0. The van der Waals surface area contributed by atoms with Crippen LogP contribution in [-0.4, -0.2) is 6.61 Å². The highest BCUT2D eigenvalue weighted by atomic mass is 79.9. The first kappa shape index (κ1) is 13.4. The van der Waals surface area contributed by atoms with Gasteiger partial charge in [0, 0.05) is 4.47 Å². The van der Waals surface area contributed by atoms with E-state index in [1.807, 2.05) is 31.2 Å². The number of hydrogen-bond acceptors (Lipinski definition) is 3. The summed E-state index contributed by atoms with van der Waals surface area (Å²) >= 11 is 3.34. The van der Waals surface area contributed by atoms with Gasteiger partial charge in [-0.15, -0.1) is 0 Å². The molecule has 0 fully saturated rings. The predicted octanol–water partition coefficient (Wildman–Crippen LogP) is 4.51. The smallest absolute Gasteiger partial charge is 0.169 e. The zero-order chi connectivity index (χ0) is 13.7. The lowest BCUT2D eigenvalue weighted by Gasteiger charge is -2.11. The molecule has 2 aromatic rings. The standard InChI is InChI=1S/C15H12BrNO2/c1-2-18-14-5-3-4-6-15(14)19-12-8-7-11(10-17)13(16)9-12/h3-9H,2H2,1H3. The van der Waals surface area contributed by atoms with Gasteiger partial charge in [0.25, 0.3) is 0 Å². The van der Waals surface area contributed by atoms with Gasteiger partial charge in [-0.2, -0.15) is 5.26 Å². The number of benzene rings is 2. The molecule has 0 spiro atoms. The molecule has 0 amide bonds. The van der Waals surface area contributed by atoms with Crippen molar-refractivity contribution >= 4 is 15.9 Å². The maximum absolute atomic E-state index is 8.87. The van der Waals surface area contributed by atoms with E-state index in [2.05, 4.69) is 22.0 Å². The van der Waals surface area contributed by atoms with Crippen LogP contribution < -0.4 is 9.47 Å². The Morgan fingerprint density at radius 2 is 1.89 bits per heavy atom. The Bertz CT molecular complexity index is 620. The fraction of sp³-hybridized carbons (Fsp3) is 0.133. The first-order chi connectivity index (χ1) is 9.24. The van der Waals surface area contributed by atoms with Gasteiger partial charge in [-0.25, -0.2) is 0 Å². The predicted molar refractivity (Wildman–Crippen MR) is 76.5 cm³/mol. The second-order valence-corrected chi connectivity index (χ2v) is 4.59. The minimum atomic E-state index is 0.574. The molecule has 0 radical (unpaired) electrons. The Hall–Kier alpha value is -1.99. The minimum absolute atomic E-state index is 0.574. The van der Waals surface area contributed by atoms with E-state index in [9.17, 15) is 0 Å². The van der Waals surface area contributed by atoms with Crippen LogP contribution in [-0.2, 0) is 0 Å². The molecule has 0 aromatic heterocycles. The number of nitrogens with zero attached hydrogens (tertiary/aromatic N) is 1. The average molecular weight is 318 g/mol. The van der Waals surface area contributed by atoms with Crippen molar-refractivity contribution < 1.29 is 9.47 Å². The van der Waals surface area contributed by atoms with Crippen molar-refractivity contribution in [1.82, 2.24) is 0 Å². The maximum atomic E-state index is 8.87. The van der Waals surface area contributed by atoms with E-state index in [0.29, 0.717) is 33.9 Å². The van der Waals surface area contributed by atoms with Crippen LogP contribution in [0, 0.1) is 11.3 Å². The van der Waals surface area contributed by atoms with Gasteiger partial charge in [0.05, 0.1) is 12.2 Å². The van der Waals surface area contributed by atoms with Gasteiger partial charge in [-0.1, -0.05) is 12.1 Å². The molecule has 0 aliphatic rings. The Labute approximate surface area is 120 Å². The first-order valence-electron chi connectivity index (χ1n) is 5.84. The van der Waals surface area contributed by atoms with E-state index in [0.717, 1.165) is 0 Å². The monoisotopic (exact) mass is 317 g/mol. The van der Waals surface area contributed by atoms with Crippen LogP contribution in [0.2, 0.25) is 0 Å². The molecule has 4 heteroatoms. The highest BCUT2D eigenvalue weighted by Gasteiger charge is 2.07. The second-order valence-electron chi connectivity index (χ2n) is 3.74. The molecule has 0 heterocycles. The summed E-state index contributed by atoms with van der Waals surface area (Å²) in [7, 11) is 0. The van der Waals surface area contributed by atoms with E-state index < -0.39 is 0 Å². The van der Waals surface area contributed by atoms with Crippen LogP contribution in [0.25, 0.3) is 0 Å². The molecule has 3 nitrogen and oxygen atoms in total. The molecule has 0 bridgehead atoms. The second kappa shape index (κ2) is 6.26. The molecule has 0 saturated carbocycles. The SMILES string of the molecule is CCOc1ccccc1Oc1ccc(C#N)c(Br)c1. The lowest BCUT2D eigenvalue weighted by atomic mass is 10.2. The Morgan fingerprint density at radius 1 is 1.16 bits per heavy atom. The molecule has 0 saturated heterocycles. The third kappa shape index (κ3) is 3.27. The van der Waals surface area contributed by atoms with Crippen LogP contribution >= 0.6 is 15.9 Å². The molecule has 0 aliphatic carbocycles. The molecular weight excluding hydrogens is 306 g/mol. The van der Waals surface area contributed by atoms with Gasteiger partial charge < -0.3 is 9.47 Å². The summed E-state index contributed by atoms with van der Waals surface area (Å²) in [6.45, 7) is 2.51. The summed E-state index contributed by atoms with van der Waals surface area (Å²) < 4.78 is 12.0. The van der Waals surface area contributed by atoms with Crippen molar-refractivity contribution in [2.75, 3.05) is 6.61 Å². The third-order valence-electron chi connectivity index (χ3n) is 2.44. The van der Waals surface area contributed by atoms with E-state index in [4.69, 9.17) is 14.7 Å². The Kier molecular flexibility index (Phi) is 4.43. The third-order valence-corrected chi connectivity index (χ3v) is 3.09. The molecule has 2 aromatic carbocycles. The van der Waals surface area contributed by atoms with Gasteiger partial charge in [0.2, 0.25) is 0 Å². The minimum Gasteiger partial charge on any atom is -0.490 e. The Morgan fingerprint density at radius 3 is 2.53 bits per heavy atom. The van der Waals surface area contributed by atoms with E-state index in [1.54, 1.807) is 18.2 Å². The normalized spacial score (nSPS) is 9.74. The largest absolute Gasteiger partial charge is 0.490 e. The summed E-state index contributed by atoms with van der Waals surface area (Å²) in [5.41, 5.74) is 0.574. The average Bonchev–Trinajstić information content (AvgIpc) is 2.41. The van der Waals surface area contributed by atoms with Crippen LogP contribution in [0.15, 0.2) is 46.9 Å². The molecule has 96 valence electrons. The first-order valence-corrected chi connectivity index (χ1v) is 6.63. The fourth-order valence-electron chi connectivity index (χ4n) is 1.59. The summed E-state index contributed by atoms with van der Waals surface area (Å²) in [4.78, 5) is 0. The lowest BCUT2D eigenvalue weighted by Crippen LogP contribution is -1.94. The van der Waals surface area contributed by atoms with Crippen LogP contribution in [0.1, 0.15) is 12.5 Å². The highest BCUT2D eigenvalue weighted by molar-refractivity contribution is 9.10. The Balaban J connectivity index is 2.26. The van der Waals surface area contributed by atoms with Crippen LogP contribution in [0.5, 0.6) is 17.2 Å². The molecule has 0 atom stereocenters. The molecule has 19 heavy (non-hydrogen) atoms. The van der Waals surface area contributed by atoms with E-state index in [-0.39, 0.29) is 0 Å².